The zero-order chi connectivity index (χ0) is 15.9. The fourth-order valence-corrected chi connectivity index (χ4v) is 2.13. The lowest BCUT2D eigenvalue weighted by Gasteiger charge is -2.19. The topological polar surface area (TPSA) is 67.4 Å². The summed E-state index contributed by atoms with van der Waals surface area (Å²) < 4.78 is 5.05. The third kappa shape index (κ3) is 7.60. The van der Waals surface area contributed by atoms with E-state index >= 15 is 0 Å². The molecule has 6 heteroatoms. The third-order valence-electron chi connectivity index (χ3n) is 2.24. The molecule has 0 saturated carbocycles. The lowest BCUT2D eigenvalue weighted by atomic mass is 10.2. The van der Waals surface area contributed by atoms with Crippen LogP contribution in [0.15, 0.2) is 29.2 Å². The van der Waals surface area contributed by atoms with Crippen LogP contribution in [0.2, 0.25) is 0 Å². The number of anilines is 1. The van der Waals surface area contributed by atoms with E-state index in [9.17, 15) is 9.59 Å². The number of thioether (sulfide) groups is 1. The van der Waals surface area contributed by atoms with E-state index in [0.717, 1.165) is 10.6 Å². The molecular formula is C15H22N2O3S. The van der Waals surface area contributed by atoms with Crippen molar-refractivity contribution in [2.24, 2.45) is 0 Å². The van der Waals surface area contributed by atoms with E-state index in [2.05, 4.69) is 17.6 Å². The molecule has 1 rings (SSSR count). The van der Waals surface area contributed by atoms with Crippen molar-refractivity contribution in [2.75, 3.05) is 17.6 Å². The van der Waals surface area contributed by atoms with Crippen molar-refractivity contribution in [1.29, 1.82) is 0 Å². The van der Waals surface area contributed by atoms with Gasteiger partial charge in [0.25, 0.3) is 0 Å². The van der Waals surface area contributed by atoms with Crippen molar-refractivity contribution >= 4 is 29.4 Å². The summed E-state index contributed by atoms with van der Waals surface area (Å²) >= 11 is 1.74. The average molecular weight is 310 g/mol. The Bertz CT molecular complexity index is 481. The van der Waals surface area contributed by atoms with Crippen LogP contribution < -0.4 is 10.6 Å². The SMILES string of the molecule is CCSc1ccc(NC(=O)CNC(=O)OC(C)(C)C)cc1. The standard InChI is InChI=1S/C15H22N2O3S/c1-5-21-12-8-6-11(7-9-12)17-13(18)10-16-14(19)20-15(2,3)4/h6-9H,5,10H2,1-4H3,(H,16,19)(H,17,18). The molecule has 0 atom stereocenters. The summed E-state index contributed by atoms with van der Waals surface area (Å²) in [7, 11) is 0. The van der Waals surface area contributed by atoms with Gasteiger partial charge in [-0.15, -0.1) is 11.8 Å². The molecule has 0 bridgehead atoms. The molecule has 0 aliphatic rings. The lowest BCUT2D eigenvalue weighted by Crippen LogP contribution is -2.37. The van der Waals surface area contributed by atoms with Crippen LogP contribution in [0.3, 0.4) is 0 Å². The number of hydrogen-bond donors (Lipinski definition) is 2. The van der Waals surface area contributed by atoms with Gasteiger partial charge >= 0.3 is 6.09 Å². The van der Waals surface area contributed by atoms with Crippen LogP contribution >= 0.6 is 11.8 Å². The maximum atomic E-state index is 11.7. The first-order valence-electron chi connectivity index (χ1n) is 6.79. The first kappa shape index (κ1) is 17.4. The van der Waals surface area contributed by atoms with E-state index in [4.69, 9.17) is 4.74 Å². The van der Waals surface area contributed by atoms with Gasteiger partial charge in [-0.05, 0) is 50.8 Å². The summed E-state index contributed by atoms with van der Waals surface area (Å²) in [5.74, 6) is 0.711. The Morgan fingerprint density at radius 3 is 2.33 bits per heavy atom. The largest absolute Gasteiger partial charge is 0.444 e. The zero-order valence-electron chi connectivity index (χ0n) is 12.9. The number of amides is 2. The van der Waals surface area contributed by atoms with Crippen molar-refractivity contribution < 1.29 is 14.3 Å². The van der Waals surface area contributed by atoms with E-state index in [1.807, 2.05) is 24.3 Å². The number of carbonyl (C=O) groups is 2. The van der Waals surface area contributed by atoms with Gasteiger partial charge in [-0.2, -0.15) is 0 Å². The molecule has 0 unspecified atom stereocenters. The van der Waals surface area contributed by atoms with Crippen LogP contribution in [0.1, 0.15) is 27.7 Å². The summed E-state index contributed by atoms with van der Waals surface area (Å²) in [6.07, 6.45) is -0.604. The Hall–Kier alpha value is -1.69. The van der Waals surface area contributed by atoms with Gasteiger partial charge in [-0.1, -0.05) is 6.92 Å². The van der Waals surface area contributed by atoms with Crippen LogP contribution in [-0.2, 0) is 9.53 Å². The molecule has 116 valence electrons. The van der Waals surface area contributed by atoms with Gasteiger partial charge in [0.15, 0.2) is 0 Å². The van der Waals surface area contributed by atoms with Gasteiger partial charge in [0.2, 0.25) is 5.91 Å². The van der Waals surface area contributed by atoms with Crippen LogP contribution in [0.5, 0.6) is 0 Å². The maximum Gasteiger partial charge on any atom is 0.408 e. The smallest absolute Gasteiger partial charge is 0.408 e. The minimum Gasteiger partial charge on any atom is -0.444 e. The normalized spacial score (nSPS) is 10.9. The van der Waals surface area contributed by atoms with Gasteiger partial charge in [0.1, 0.15) is 12.1 Å². The van der Waals surface area contributed by atoms with Gasteiger partial charge < -0.3 is 15.4 Å². The second kappa shape index (κ2) is 7.93. The highest BCUT2D eigenvalue weighted by Crippen LogP contribution is 2.19. The molecule has 21 heavy (non-hydrogen) atoms. The van der Waals surface area contributed by atoms with Gasteiger partial charge in [-0.25, -0.2) is 4.79 Å². The number of hydrogen-bond acceptors (Lipinski definition) is 4. The Labute approximate surface area is 129 Å². The van der Waals surface area contributed by atoms with Crippen molar-refractivity contribution in [2.45, 2.75) is 38.2 Å². The Morgan fingerprint density at radius 1 is 1.19 bits per heavy atom. The summed E-state index contributed by atoms with van der Waals surface area (Å²) in [5, 5.41) is 5.12. The fraction of sp³-hybridized carbons (Fsp3) is 0.467. The summed E-state index contributed by atoms with van der Waals surface area (Å²) in [6, 6.07) is 7.57. The summed E-state index contributed by atoms with van der Waals surface area (Å²) in [4.78, 5) is 24.3. The van der Waals surface area contributed by atoms with E-state index in [1.54, 1.807) is 32.5 Å². The molecule has 5 nitrogen and oxygen atoms in total. The lowest BCUT2D eigenvalue weighted by molar-refractivity contribution is -0.115. The number of alkyl carbamates (subject to hydrolysis) is 1. The molecule has 0 saturated heterocycles. The molecule has 0 fully saturated rings. The van der Waals surface area contributed by atoms with Crippen LogP contribution in [-0.4, -0.2) is 29.9 Å². The number of nitrogens with one attached hydrogen (secondary N) is 2. The minimum absolute atomic E-state index is 0.125. The first-order valence-corrected chi connectivity index (χ1v) is 7.78. The van der Waals surface area contributed by atoms with E-state index in [0.29, 0.717) is 5.69 Å². The highest BCUT2D eigenvalue weighted by molar-refractivity contribution is 7.99. The number of carbonyl (C=O) groups excluding carboxylic acids is 2. The van der Waals surface area contributed by atoms with E-state index in [-0.39, 0.29) is 12.5 Å². The third-order valence-corrected chi connectivity index (χ3v) is 3.14. The van der Waals surface area contributed by atoms with Crippen LogP contribution in [0.25, 0.3) is 0 Å². The molecule has 0 spiro atoms. The molecule has 0 aliphatic heterocycles. The van der Waals surface area contributed by atoms with Crippen LogP contribution in [0.4, 0.5) is 10.5 Å². The second-order valence-electron chi connectivity index (χ2n) is 5.36. The molecule has 0 aromatic heterocycles. The molecular weight excluding hydrogens is 288 g/mol. The highest BCUT2D eigenvalue weighted by Gasteiger charge is 2.16. The van der Waals surface area contributed by atoms with Crippen molar-refractivity contribution in [3.8, 4) is 0 Å². The average Bonchev–Trinajstić information content (AvgIpc) is 2.37. The Balaban J connectivity index is 2.38. The Kier molecular flexibility index (Phi) is 6.55. The predicted octanol–water partition coefficient (Wildman–Crippen LogP) is 3.26. The van der Waals surface area contributed by atoms with Gasteiger partial charge in [0, 0.05) is 10.6 Å². The zero-order valence-corrected chi connectivity index (χ0v) is 13.7. The van der Waals surface area contributed by atoms with Crippen LogP contribution in [0, 0.1) is 0 Å². The van der Waals surface area contributed by atoms with E-state index < -0.39 is 11.7 Å². The monoisotopic (exact) mass is 310 g/mol. The quantitative estimate of drug-likeness (QED) is 0.819. The highest BCUT2D eigenvalue weighted by atomic mass is 32.2. The van der Waals surface area contributed by atoms with Gasteiger partial charge in [-0.3, -0.25) is 4.79 Å². The number of rotatable bonds is 5. The first-order chi connectivity index (χ1) is 9.80. The molecule has 2 amide bonds. The summed E-state index contributed by atoms with van der Waals surface area (Å²) in [6.45, 7) is 7.26. The molecule has 1 aromatic carbocycles. The second-order valence-corrected chi connectivity index (χ2v) is 6.70. The van der Waals surface area contributed by atoms with Crippen molar-refractivity contribution in [3.63, 3.8) is 0 Å². The molecule has 0 heterocycles. The maximum absolute atomic E-state index is 11.7. The molecule has 0 radical (unpaired) electrons. The van der Waals surface area contributed by atoms with Gasteiger partial charge in [0.05, 0.1) is 0 Å². The molecule has 1 aromatic rings. The number of ether oxygens (including phenoxy) is 1. The van der Waals surface area contributed by atoms with E-state index in [1.165, 1.54) is 0 Å². The minimum atomic E-state index is -0.604. The summed E-state index contributed by atoms with van der Waals surface area (Å²) in [5.41, 5.74) is 0.124. The molecule has 0 aliphatic carbocycles. The fourth-order valence-electron chi connectivity index (χ4n) is 1.47. The van der Waals surface area contributed by atoms with Crippen molar-refractivity contribution in [1.82, 2.24) is 5.32 Å². The van der Waals surface area contributed by atoms with Crippen molar-refractivity contribution in [3.05, 3.63) is 24.3 Å². The Morgan fingerprint density at radius 2 is 1.81 bits per heavy atom. The number of benzene rings is 1. The predicted molar refractivity (Wildman–Crippen MR) is 85.7 cm³/mol. The molecule has 2 N–H and O–H groups in total.